The molecule has 3 rings (SSSR count). The summed E-state index contributed by atoms with van der Waals surface area (Å²) in [5.41, 5.74) is 2.53. The van der Waals surface area contributed by atoms with Crippen LogP contribution in [0.1, 0.15) is 24.8 Å². The second kappa shape index (κ2) is 8.20. The minimum atomic E-state index is -0.373. The van der Waals surface area contributed by atoms with Gasteiger partial charge < -0.3 is 15.2 Å². The van der Waals surface area contributed by atoms with Crippen molar-refractivity contribution in [2.45, 2.75) is 31.8 Å². The summed E-state index contributed by atoms with van der Waals surface area (Å²) < 4.78 is 5.70. The lowest BCUT2D eigenvalue weighted by molar-refractivity contribution is 0.0577. The van der Waals surface area contributed by atoms with E-state index in [0.717, 1.165) is 30.7 Å². The summed E-state index contributed by atoms with van der Waals surface area (Å²) in [4.78, 5) is 0. The number of anilines is 1. The van der Waals surface area contributed by atoms with Crippen molar-refractivity contribution >= 4 is 5.69 Å². The highest BCUT2D eigenvalue weighted by atomic mass is 16.5. The van der Waals surface area contributed by atoms with E-state index in [1.165, 1.54) is 12.0 Å². The highest BCUT2D eigenvalue weighted by Crippen LogP contribution is 2.35. The van der Waals surface area contributed by atoms with Crippen molar-refractivity contribution in [3.8, 4) is 5.75 Å². The summed E-state index contributed by atoms with van der Waals surface area (Å²) in [5, 5.41) is 13.6. The van der Waals surface area contributed by atoms with Gasteiger partial charge in [-0.25, -0.2) is 0 Å². The topological polar surface area (TPSA) is 41.5 Å². The maximum absolute atomic E-state index is 10.4. The standard InChI is InChI=1S/C21H27NO2/c1-22-19-11-8-16(9-12-19)13-17-7-10-18(14-17)21(23)15-24-20-5-3-2-4-6-20/h2-6,8-9,11-12,17-18,21-23H,7,10,13-15H2,1H3. The number of aliphatic hydroxyl groups excluding tert-OH is 1. The first kappa shape index (κ1) is 16.8. The molecule has 128 valence electrons. The first-order chi connectivity index (χ1) is 11.7. The van der Waals surface area contributed by atoms with Crippen molar-refractivity contribution in [3.63, 3.8) is 0 Å². The highest BCUT2D eigenvalue weighted by Gasteiger charge is 2.30. The van der Waals surface area contributed by atoms with Gasteiger partial charge in [0.25, 0.3) is 0 Å². The summed E-state index contributed by atoms with van der Waals surface area (Å²) in [6.07, 6.45) is 4.11. The normalized spacial score (nSPS) is 21.4. The molecule has 1 saturated carbocycles. The van der Waals surface area contributed by atoms with Crippen LogP contribution in [0.4, 0.5) is 5.69 Å². The number of nitrogens with one attached hydrogen (secondary N) is 1. The van der Waals surface area contributed by atoms with Crippen LogP contribution in [0, 0.1) is 11.8 Å². The van der Waals surface area contributed by atoms with Crippen LogP contribution in [-0.4, -0.2) is 24.9 Å². The van der Waals surface area contributed by atoms with E-state index >= 15 is 0 Å². The number of rotatable bonds is 7. The number of ether oxygens (including phenoxy) is 1. The summed E-state index contributed by atoms with van der Waals surface area (Å²) in [7, 11) is 1.94. The van der Waals surface area contributed by atoms with Crippen LogP contribution in [0.15, 0.2) is 54.6 Å². The third-order valence-electron chi connectivity index (χ3n) is 5.06. The second-order valence-electron chi connectivity index (χ2n) is 6.78. The van der Waals surface area contributed by atoms with Gasteiger partial charge in [-0.15, -0.1) is 0 Å². The number of hydrogen-bond acceptors (Lipinski definition) is 3. The van der Waals surface area contributed by atoms with Gasteiger partial charge in [0.15, 0.2) is 0 Å². The minimum Gasteiger partial charge on any atom is -0.491 e. The lowest BCUT2D eigenvalue weighted by Crippen LogP contribution is -2.25. The van der Waals surface area contributed by atoms with Crippen LogP contribution < -0.4 is 10.1 Å². The maximum Gasteiger partial charge on any atom is 0.119 e. The van der Waals surface area contributed by atoms with Gasteiger partial charge >= 0.3 is 0 Å². The van der Waals surface area contributed by atoms with Crippen LogP contribution >= 0.6 is 0 Å². The van der Waals surface area contributed by atoms with Crippen LogP contribution in [0.5, 0.6) is 5.75 Å². The Hall–Kier alpha value is -2.00. The molecule has 2 aromatic carbocycles. The monoisotopic (exact) mass is 325 g/mol. The van der Waals surface area contributed by atoms with Crippen LogP contribution in [0.2, 0.25) is 0 Å². The van der Waals surface area contributed by atoms with E-state index in [0.29, 0.717) is 18.4 Å². The van der Waals surface area contributed by atoms with E-state index in [1.807, 2.05) is 37.4 Å². The predicted octanol–water partition coefficient (Wildman–Crippen LogP) is 4.13. The van der Waals surface area contributed by atoms with Crippen LogP contribution in [0.25, 0.3) is 0 Å². The van der Waals surface area contributed by atoms with E-state index in [4.69, 9.17) is 4.74 Å². The highest BCUT2D eigenvalue weighted by molar-refractivity contribution is 5.43. The zero-order valence-electron chi connectivity index (χ0n) is 14.3. The maximum atomic E-state index is 10.4. The molecule has 2 N–H and O–H groups in total. The molecular formula is C21H27NO2. The molecule has 1 aliphatic carbocycles. The molecule has 0 saturated heterocycles. The van der Waals surface area contributed by atoms with E-state index in [1.54, 1.807) is 0 Å². The molecule has 0 heterocycles. The minimum absolute atomic E-state index is 0.357. The molecule has 3 atom stereocenters. The Morgan fingerprint density at radius 1 is 1.08 bits per heavy atom. The molecule has 3 nitrogen and oxygen atoms in total. The smallest absolute Gasteiger partial charge is 0.119 e. The fourth-order valence-electron chi connectivity index (χ4n) is 3.62. The van der Waals surface area contributed by atoms with Crippen molar-refractivity contribution in [1.82, 2.24) is 0 Å². The Bertz CT molecular complexity index is 611. The zero-order valence-corrected chi connectivity index (χ0v) is 14.3. The lowest BCUT2D eigenvalue weighted by atomic mass is 9.95. The second-order valence-corrected chi connectivity index (χ2v) is 6.78. The van der Waals surface area contributed by atoms with Gasteiger partial charge in [-0.2, -0.15) is 0 Å². The van der Waals surface area contributed by atoms with Crippen LogP contribution in [-0.2, 0) is 6.42 Å². The van der Waals surface area contributed by atoms with Crippen molar-refractivity contribution in [2.24, 2.45) is 11.8 Å². The molecule has 3 heteroatoms. The average Bonchev–Trinajstić information content (AvgIpc) is 3.10. The zero-order chi connectivity index (χ0) is 16.8. The molecule has 0 aliphatic heterocycles. The van der Waals surface area contributed by atoms with Gasteiger partial charge in [-0.1, -0.05) is 30.3 Å². The first-order valence-corrected chi connectivity index (χ1v) is 8.87. The Kier molecular flexibility index (Phi) is 5.76. The van der Waals surface area contributed by atoms with Gasteiger partial charge in [-0.05, 0) is 67.3 Å². The van der Waals surface area contributed by atoms with Crippen molar-refractivity contribution < 1.29 is 9.84 Å². The Labute approximate surface area is 144 Å². The third kappa shape index (κ3) is 4.51. The van der Waals surface area contributed by atoms with E-state index in [9.17, 15) is 5.11 Å². The van der Waals surface area contributed by atoms with Crippen molar-refractivity contribution in [2.75, 3.05) is 19.0 Å². The van der Waals surface area contributed by atoms with Gasteiger partial charge in [-0.3, -0.25) is 0 Å². The summed E-state index contributed by atoms with van der Waals surface area (Å²) in [6.45, 7) is 0.387. The first-order valence-electron chi connectivity index (χ1n) is 8.87. The molecule has 0 radical (unpaired) electrons. The predicted molar refractivity (Wildman–Crippen MR) is 98.5 cm³/mol. The SMILES string of the molecule is CNc1ccc(CC2CCC(C(O)COc3ccccc3)C2)cc1. The molecule has 24 heavy (non-hydrogen) atoms. The Balaban J connectivity index is 1.45. The number of hydrogen-bond donors (Lipinski definition) is 2. The van der Waals surface area contributed by atoms with E-state index in [-0.39, 0.29) is 6.10 Å². The molecule has 1 fully saturated rings. The number of para-hydroxylation sites is 1. The van der Waals surface area contributed by atoms with E-state index in [2.05, 4.69) is 29.6 Å². The fraction of sp³-hybridized carbons (Fsp3) is 0.429. The molecule has 2 aromatic rings. The molecule has 3 unspecified atom stereocenters. The summed E-state index contributed by atoms with van der Waals surface area (Å²) in [5.74, 6) is 1.85. The largest absolute Gasteiger partial charge is 0.491 e. The molecule has 0 amide bonds. The van der Waals surface area contributed by atoms with Gasteiger partial charge in [0, 0.05) is 12.7 Å². The van der Waals surface area contributed by atoms with Gasteiger partial charge in [0.1, 0.15) is 12.4 Å². The summed E-state index contributed by atoms with van der Waals surface area (Å²) >= 11 is 0. The van der Waals surface area contributed by atoms with Crippen molar-refractivity contribution in [1.29, 1.82) is 0 Å². The van der Waals surface area contributed by atoms with Crippen LogP contribution in [0.3, 0.4) is 0 Å². The number of benzene rings is 2. The lowest BCUT2D eigenvalue weighted by Gasteiger charge is -2.19. The molecule has 0 bridgehead atoms. The van der Waals surface area contributed by atoms with Gasteiger partial charge in [0.05, 0.1) is 6.10 Å². The molecule has 1 aliphatic rings. The molecule has 0 spiro atoms. The van der Waals surface area contributed by atoms with E-state index < -0.39 is 0 Å². The summed E-state index contributed by atoms with van der Waals surface area (Å²) in [6, 6.07) is 18.4. The number of aliphatic hydroxyl groups is 1. The Morgan fingerprint density at radius 2 is 1.83 bits per heavy atom. The third-order valence-corrected chi connectivity index (χ3v) is 5.06. The van der Waals surface area contributed by atoms with Gasteiger partial charge in [0.2, 0.25) is 0 Å². The Morgan fingerprint density at radius 3 is 2.54 bits per heavy atom. The molecule has 0 aromatic heterocycles. The van der Waals surface area contributed by atoms with Crippen molar-refractivity contribution in [3.05, 3.63) is 60.2 Å². The fourth-order valence-corrected chi connectivity index (χ4v) is 3.62. The quantitative estimate of drug-likeness (QED) is 0.804. The average molecular weight is 325 g/mol. The molecular weight excluding hydrogens is 298 g/mol.